The summed E-state index contributed by atoms with van der Waals surface area (Å²) in [5, 5.41) is 16.1. The van der Waals surface area contributed by atoms with Crippen molar-refractivity contribution in [3.63, 3.8) is 0 Å². The summed E-state index contributed by atoms with van der Waals surface area (Å²) in [5.41, 5.74) is 0.858. The predicted octanol–water partition coefficient (Wildman–Crippen LogP) is 2.46. The molecule has 0 bridgehead atoms. The molecule has 19 heavy (non-hydrogen) atoms. The number of benzene rings is 1. The molecular formula is C11H8ClN5OS. The maximum absolute atomic E-state index is 11.0. The first-order valence-electron chi connectivity index (χ1n) is 5.39. The molecule has 2 heterocycles. The van der Waals surface area contributed by atoms with Crippen molar-refractivity contribution in [1.82, 2.24) is 19.8 Å². The number of hydrogen-bond donors (Lipinski definition) is 1. The minimum atomic E-state index is -0.169. The number of amides is 1. The summed E-state index contributed by atoms with van der Waals surface area (Å²) in [7, 11) is 0. The van der Waals surface area contributed by atoms with Gasteiger partial charge in [-0.05, 0) is 24.3 Å². The van der Waals surface area contributed by atoms with Crippen molar-refractivity contribution in [1.29, 1.82) is 0 Å². The number of nitrogens with zero attached hydrogens (tertiary/aromatic N) is 4. The molecule has 0 aliphatic heterocycles. The second-order valence-corrected chi connectivity index (χ2v) is 5.21. The van der Waals surface area contributed by atoms with E-state index in [-0.39, 0.29) is 5.91 Å². The van der Waals surface area contributed by atoms with Crippen LogP contribution in [0.1, 0.15) is 6.92 Å². The van der Waals surface area contributed by atoms with Gasteiger partial charge in [0, 0.05) is 17.5 Å². The van der Waals surface area contributed by atoms with E-state index in [0.29, 0.717) is 20.9 Å². The van der Waals surface area contributed by atoms with E-state index in [4.69, 9.17) is 11.6 Å². The minimum Gasteiger partial charge on any atom is -0.301 e. The van der Waals surface area contributed by atoms with E-state index in [1.165, 1.54) is 18.3 Å². The van der Waals surface area contributed by atoms with Crippen LogP contribution in [0.25, 0.3) is 16.3 Å². The Morgan fingerprint density at radius 1 is 1.32 bits per heavy atom. The van der Waals surface area contributed by atoms with Crippen LogP contribution in [0.15, 0.2) is 24.3 Å². The van der Waals surface area contributed by atoms with Crippen LogP contribution in [-0.2, 0) is 4.79 Å². The number of carbonyl (C=O) groups is 1. The third-order valence-corrected chi connectivity index (χ3v) is 3.44. The second-order valence-electron chi connectivity index (χ2n) is 3.81. The first-order valence-corrected chi connectivity index (χ1v) is 6.59. The van der Waals surface area contributed by atoms with Gasteiger partial charge in [-0.25, -0.2) is 0 Å². The van der Waals surface area contributed by atoms with Crippen LogP contribution in [0.4, 0.5) is 5.13 Å². The molecule has 0 unspecified atom stereocenters. The molecule has 3 rings (SSSR count). The van der Waals surface area contributed by atoms with Gasteiger partial charge in [0.25, 0.3) is 0 Å². The lowest BCUT2D eigenvalue weighted by atomic mass is 10.2. The van der Waals surface area contributed by atoms with Crippen molar-refractivity contribution in [2.75, 3.05) is 5.32 Å². The summed E-state index contributed by atoms with van der Waals surface area (Å²) in [6.07, 6.45) is 0. The van der Waals surface area contributed by atoms with Gasteiger partial charge in [0.15, 0.2) is 5.82 Å². The van der Waals surface area contributed by atoms with Gasteiger partial charge in [-0.15, -0.1) is 15.3 Å². The molecule has 0 saturated heterocycles. The zero-order chi connectivity index (χ0) is 13.4. The molecule has 0 atom stereocenters. The topological polar surface area (TPSA) is 72.2 Å². The van der Waals surface area contributed by atoms with E-state index in [2.05, 4.69) is 20.6 Å². The number of anilines is 1. The number of rotatable bonds is 2. The molecule has 96 valence electrons. The van der Waals surface area contributed by atoms with Gasteiger partial charge in [0.05, 0.1) is 0 Å². The Kier molecular flexibility index (Phi) is 2.92. The van der Waals surface area contributed by atoms with Crippen LogP contribution in [0.2, 0.25) is 5.02 Å². The van der Waals surface area contributed by atoms with E-state index in [1.54, 1.807) is 16.6 Å². The average molecular weight is 294 g/mol. The van der Waals surface area contributed by atoms with E-state index >= 15 is 0 Å². The Hall–Kier alpha value is -1.99. The molecule has 6 nitrogen and oxygen atoms in total. The third-order valence-electron chi connectivity index (χ3n) is 2.38. The van der Waals surface area contributed by atoms with Gasteiger partial charge in [-0.1, -0.05) is 22.9 Å². The number of fused-ring (bicyclic) bond motifs is 1. The summed E-state index contributed by atoms with van der Waals surface area (Å²) in [6.45, 7) is 1.43. The van der Waals surface area contributed by atoms with Crippen LogP contribution in [0.5, 0.6) is 0 Å². The van der Waals surface area contributed by atoms with Crippen molar-refractivity contribution in [2.45, 2.75) is 6.92 Å². The standard InChI is InChI=1S/C11H8ClN5OS/c1-6(18)13-10-16-17-9(14-15-11(17)19-10)7-2-4-8(12)5-3-7/h2-5H,1H3,(H,13,16,18). The van der Waals surface area contributed by atoms with Crippen molar-refractivity contribution >= 4 is 38.9 Å². The molecule has 0 spiro atoms. The van der Waals surface area contributed by atoms with Crippen molar-refractivity contribution in [2.24, 2.45) is 0 Å². The first-order chi connectivity index (χ1) is 9.13. The monoisotopic (exact) mass is 293 g/mol. The highest BCUT2D eigenvalue weighted by Gasteiger charge is 2.13. The van der Waals surface area contributed by atoms with E-state index < -0.39 is 0 Å². The number of nitrogens with one attached hydrogen (secondary N) is 1. The molecule has 1 N–H and O–H groups in total. The van der Waals surface area contributed by atoms with Crippen molar-refractivity contribution in [3.05, 3.63) is 29.3 Å². The SMILES string of the molecule is CC(=O)Nc1nn2c(-c3ccc(Cl)cc3)nnc2s1. The lowest BCUT2D eigenvalue weighted by Crippen LogP contribution is -2.05. The highest BCUT2D eigenvalue weighted by Crippen LogP contribution is 2.24. The van der Waals surface area contributed by atoms with Gasteiger partial charge in [0.1, 0.15) is 0 Å². The second kappa shape index (κ2) is 4.60. The maximum atomic E-state index is 11.0. The number of hydrogen-bond acceptors (Lipinski definition) is 5. The quantitative estimate of drug-likeness (QED) is 0.788. The van der Waals surface area contributed by atoms with Crippen LogP contribution in [-0.4, -0.2) is 25.7 Å². The Labute approximate surface area is 117 Å². The van der Waals surface area contributed by atoms with Crippen LogP contribution >= 0.6 is 22.9 Å². The summed E-state index contributed by atoms with van der Waals surface area (Å²) in [4.78, 5) is 11.6. The first kappa shape index (κ1) is 12.1. The fourth-order valence-electron chi connectivity index (χ4n) is 1.60. The van der Waals surface area contributed by atoms with Gasteiger partial charge in [0.2, 0.25) is 16.0 Å². The van der Waals surface area contributed by atoms with Gasteiger partial charge >= 0.3 is 0 Å². The molecular weight excluding hydrogens is 286 g/mol. The fourth-order valence-corrected chi connectivity index (χ4v) is 2.51. The summed E-state index contributed by atoms with van der Waals surface area (Å²) < 4.78 is 1.60. The molecule has 1 aromatic carbocycles. The van der Waals surface area contributed by atoms with Gasteiger partial charge in [-0.2, -0.15) is 4.52 Å². The average Bonchev–Trinajstić information content (AvgIpc) is 2.89. The summed E-state index contributed by atoms with van der Waals surface area (Å²) >= 11 is 7.11. The van der Waals surface area contributed by atoms with Crippen LogP contribution in [0, 0.1) is 0 Å². The molecule has 0 fully saturated rings. The van der Waals surface area contributed by atoms with E-state index in [0.717, 1.165) is 5.56 Å². The number of carbonyl (C=O) groups excluding carboxylic acids is 1. The predicted molar refractivity (Wildman–Crippen MR) is 73.4 cm³/mol. The Bertz CT molecular complexity index is 748. The molecule has 0 aliphatic rings. The van der Waals surface area contributed by atoms with Crippen LogP contribution < -0.4 is 5.32 Å². The largest absolute Gasteiger partial charge is 0.301 e. The minimum absolute atomic E-state index is 0.169. The number of halogens is 1. The normalized spacial score (nSPS) is 10.8. The molecule has 0 radical (unpaired) electrons. The van der Waals surface area contributed by atoms with Crippen molar-refractivity contribution < 1.29 is 4.79 Å². The molecule has 3 aromatic rings. The maximum Gasteiger partial charge on any atom is 0.236 e. The molecule has 0 saturated carbocycles. The van der Waals surface area contributed by atoms with Crippen molar-refractivity contribution in [3.8, 4) is 11.4 Å². The van der Waals surface area contributed by atoms with E-state index in [9.17, 15) is 4.79 Å². The summed E-state index contributed by atoms with van der Waals surface area (Å²) in [5.74, 6) is 0.442. The summed E-state index contributed by atoms with van der Waals surface area (Å²) in [6, 6.07) is 7.24. The van der Waals surface area contributed by atoms with E-state index in [1.807, 2.05) is 12.1 Å². The Morgan fingerprint density at radius 3 is 2.74 bits per heavy atom. The number of aromatic nitrogens is 4. The Morgan fingerprint density at radius 2 is 2.05 bits per heavy atom. The lowest BCUT2D eigenvalue weighted by Gasteiger charge is -1.97. The van der Waals surface area contributed by atoms with Crippen LogP contribution in [0.3, 0.4) is 0 Å². The third kappa shape index (κ3) is 2.29. The molecule has 8 heteroatoms. The zero-order valence-electron chi connectivity index (χ0n) is 9.79. The highest BCUT2D eigenvalue weighted by atomic mass is 35.5. The Balaban J connectivity index is 2.06. The zero-order valence-corrected chi connectivity index (χ0v) is 11.4. The smallest absolute Gasteiger partial charge is 0.236 e. The molecule has 0 aliphatic carbocycles. The molecule has 2 aromatic heterocycles. The fraction of sp³-hybridized carbons (Fsp3) is 0.0909. The molecule has 1 amide bonds. The van der Waals surface area contributed by atoms with Gasteiger partial charge < -0.3 is 5.32 Å². The lowest BCUT2D eigenvalue weighted by molar-refractivity contribution is -0.114. The highest BCUT2D eigenvalue weighted by molar-refractivity contribution is 7.20. The van der Waals surface area contributed by atoms with Gasteiger partial charge in [-0.3, -0.25) is 4.79 Å².